The summed E-state index contributed by atoms with van der Waals surface area (Å²) in [5, 5.41) is 24.8. The van der Waals surface area contributed by atoms with E-state index >= 15 is 0 Å². The number of nitriles is 1. The number of nitrogens with zero attached hydrogens (tertiary/aromatic N) is 5. The van der Waals surface area contributed by atoms with Crippen LogP contribution in [0.5, 0.6) is 0 Å². The summed E-state index contributed by atoms with van der Waals surface area (Å²) in [6, 6.07) is 8.02. The smallest absolute Gasteiger partial charge is 0.315 e. The van der Waals surface area contributed by atoms with Gasteiger partial charge in [-0.2, -0.15) is 23.2 Å². The van der Waals surface area contributed by atoms with Gasteiger partial charge in [-0.25, -0.2) is 0 Å². The molecule has 0 saturated carbocycles. The predicted molar refractivity (Wildman–Crippen MR) is 85.9 cm³/mol. The van der Waals surface area contributed by atoms with Crippen molar-refractivity contribution < 1.29 is 18.0 Å². The highest BCUT2D eigenvalue weighted by Gasteiger charge is 2.30. The number of tetrazole rings is 1. The average Bonchev–Trinajstić information content (AvgIpc) is 3.23. The first-order valence-corrected chi connectivity index (χ1v) is 7.97. The molecule has 0 unspecified atom stereocenters. The normalized spacial score (nSPS) is 11.2. The molecule has 2 aromatic heterocycles. The van der Waals surface area contributed by atoms with E-state index < -0.39 is 17.6 Å². The Balaban J connectivity index is 1.72. The molecule has 11 heteroatoms. The third kappa shape index (κ3) is 3.86. The van der Waals surface area contributed by atoms with Crippen molar-refractivity contribution >= 4 is 22.2 Å². The van der Waals surface area contributed by atoms with Crippen LogP contribution < -0.4 is 5.32 Å². The van der Waals surface area contributed by atoms with E-state index in [2.05, 4.69) is 20.7 Å². The van der Waals surface area contributed by atoms with Crippen molar-refractivity contribution in [3.63, 3.8) is 0 Å². The molecule has 2 heterocycles. The third-order valence-corrected chi connectivity index (χ3v) is 4.05. The zero-order valence-electron chi connectivity index (χ0n) is 12.9. The van der Waals surface area contributed by atoms with Gasteiger partial charge in [0.2, 0.25) is 11.7 Å². The van der Waals surface area contributed by atoms with Crippen LogP contribution in [0.25, 0.3) is 11.4 Å². The molecule has 3 rings (SSSR count). The Morgan fingerprint density at radius 3 is 2.88 bits per heavy atom. The number of benzene rings is 1. The number of amides is 1. The third-order valence-electron chi connectivity index (χ3n) is 3.22. The van der Waals surface area contributed by atoms with Crippen LogP contribution in [-0.4, -0.2) is 26.1 Å². The van der Waals surface area contributed by atoms with Crippen LogP contribution in [0, 0.1) is 11.3 Å². The first kappa shape index (κ1) is 17.6. The number of rotatable bonds is 4. The van der Waals surface area contributed by atoms with Gasteiger partial charge < -0.3 is 5.32 Å². The molecule has 0 spiro atoms. The van der Waals surface area contributed by atoms with Crippen LogP contribution >= 0.6 is 11.3 Å². The Hall–Kier alpha value is -3.26. The second-order valence-corrected chi connectivity index (χ2v) is 5.96. The molecule has 1 N–H and O–H groups in total. The van der Waals surface area contributed by atoms with Gasteiger partial charge in [0.1, 0.15) is 17.6 Å². The Morgan fingerprint density at radius 2 is 2.15 bits per heavy atom. The summed E-state index contributed by atoms with van der Waals surface area (Å²) >= 11 is 1.19. The second kappa shape index (κ2) is 6.93. The fourth-order valence-electron chi connectivity index (χ4n) is 2.05. The summed E-state index contributed by atoms with van der Waals surface area (Å²) in [4.78, 5) is 13.0. The summed E-state index contributed by atoms with van der Waals surface area (Å²) in [5.74, 6) is -0.519. The topological polar surface area (TPSA) is 96.5 Å². The number of aromatic nitrogens is 4. The van der Waals surface area contributed by atoms with Crippen molar-refractivity contribution in [1.82, 2.24) is 20.2 Å². The zero-order chi connectivity index (χ0) is 18.7. The Morgan fingerprint density at radius 1 is 1.35 bits per heavy atom. The van der Waals surface area contributed by atoms with Crippen molar-refractivity contribution in [2.24, 2.45) is 0 Å². The number of carbonyl (C=O) groups excluding carboxylic acids is 1. The van der Waals surface area contributed by atoms with Crippen LogP contribution in [0.15, 0.2) is 35.7 Å². The van der Waals surface area contributed by atoms with Crippen molar-refractivity contribution in [3.8, 4) is 17.5 Å². The van der Waals surface area contributed by atoms with Gasteiger partial charge >= 0.3 is 6.18 Å². The van der Waals surface area contributed by atoms with E-state index in [-0.39, 0.29) is 17.9 Å². The quantitative estimate of drug-likeness (QED) is 0.753. The standard InChI is InChI=1S/C15H9F3N6OS/c16-15(17,18)11-3-1-2-9(6-11)13-21-23-24(22-13)8-12(25)20-14-10(7-19)4-5-26-14/h1-6H,8H2,(H,20,25). The molecule has 1 aromatic carbocycles. The summed E-state index contributed by atoms with van der Waals surface area (Å²) in [7, 11) is 0. The molecule has 0 fully saturated rings. The van der Waals surface area contributed by atoms with Gasteiger partial charge in [0.05, 0.1) is 11.1 Å². The summed E-state index contributed by atoms with van der Waals surface area (Å²) < 4.78 is 38.3. The van der Waals surface area contributed by atoms with E-state index in [4.69, 9.17) is 5.26 Å². The average molecular weight is 378 g/mol. The SMILES string of the molecule is N#Cc1ccsc1NC(=O)Cn1nnc(-c2cccc(C(F)(F)F)c2)n1. The Bertz CT molecular complexity index is 988. The largest absolute Gasteiger partial charge is 0.416 e. The van der Waals surface area contributed by atoms with E-state index in [1.807, 2.05) is 6.07 Å². The van der Waals surface area contributed by atoms with Gasteiger partial charge in [0, 0.05) is 5.56 Å². The maximum atomic E-state index is 12.8. The first-order valence-electron chi connectivity index (χ1n) is 7.09. The van der Waals surface area contributed by atoms with Crippen LogP contribution in [0.1, 0.15) is 11.1 Å². The molecule has 1 amide bonds. The molecule has 26 heavy (non-hydrogen) atoms. The highest BCUT2D eigenvalue weighted by atomic mass is 32.1. The number of hydrogen-bond donors (Lipinski definition) is 1. The summed E-state index contributed by atoms with van der Waals surface area (Å²) in [5.41, 5.74) is -0.359. The van der Waals surface area contributed by atoms with Crippen LogP contribution in [-0.2, 0) is 17.5 Å². The van der Waals surface area contributed by atoms with E-state index in [1.165, 1.54) is 23.5 Å². The maximum absolute atomic E-state index is 12.8. The van der Waals surface area contributed by atoms with Gasteiger partial charge in [-0.05, 0) is 28.8 Å². The van der Waals surface area contributed by atoms with Crippen molar-refractivity contribution in [1.29, 1.82) is 5.26 Å². The molecule has 0 radical (unpaired) electrons. The van der Waals surface area contributed by atoms with Crippen LogP contribution in [0.2, 0.25) is 0 Å². The minimum Gasteiger partial charge on any atom is -0.315 e. The van der Waals surface area contributed by atoms with Crippen LogP contribution in [0.3, 0.4) is 0 Å². The number of anilines is 1. The predicted octanol–water partition coefficient (Wildman–Crippen LogP) is 2.93. The van der Waals surface area contributed by atoms with Gasteiger partial charge in [0.25, 0.3) is 0 Å². The molecular formula is C15H9F3N6OS. The van der Waals surface area contributed by atoms with Gasteiger partial charge in [-0.3, -0.25) is 4.79 Å². The monoisotopic (exact) mass is 378 g/mol. The molecule has 0 aliphatic rings. The molecule has 0 bridgehead atoms. The van der Waals surface area contributed by atoms with Crippen molar-refractivity contribution in [2.45, 2.75) is 12.7 Å². The van der Waals surface area contributed by atoms with Gasteiger partial charge in [0.15, 0.2) is 0 Å². The van der Waals surface area contributed by atoms with E-state index in [0.29, 0.717) is 10.6 Å². The fourth-order valence-corrected chi connectivity index (χ4v) is 2.80. The molecule has 7 nitrogen and oxygen atoms in total. The summed E-state index contributed by atoms with van der Waals surface area (Å²) in [6.07, 6.45) is -4.48. The number of nitrogens with one attached hydrogen (secondary N) is 1. The van der Waals surface area contributed by atoms with E-state index in [1.54, 1.807) is 11.4 Å². The highest BCUT2D eigenvalue weighted by molar-refractivity contribution is 7.14. The van der Waals surface area contributed by atoms with Crippen molar-refractivity contribution in [2.75, 3.05) is 5.32 Å². The van der Waals surface area contributed by atoms with Gasteiger partial charge in [-0.15, -0.1) is 21.5 Å². The lowest BCUT2D eigenvalue weighted by molar-refractivity contribution is -0.137. The number of carbonyl (C=O) groups is 1. The van der Waals surface area contributed by atoms with Crippen LogP contribution in [0.4, 0.5) is 18.2 Å². The molecular weight excluding hydrogens is 369 g/mol. The first-order chi connectivity index (χ1) is 12.4. The lowest BCUT2D eigenvalue weighted by Gasteiger charge is -2.06. The number of thiophene rings is 1. The molecule has 132 valence electrons. The minimum atomic E-state index is -4.48. The zero-order valence-corrected chi connectivity index (χ0v) is 13.7. The summed E-state index contributed by atoms with van der Waals surface area (Å²) in [6.45, 7) is -0.297. The minimum absolute atomic E-state index is 0.0299. The van der Waals surface area contributed by atoms with E-state index in [9.17, 15) is 18.0 Å². The number of alkyl halides is 3. The Kier molecular flexibility index (Phi) is 4.68. The lowest BCUT2D eigenvalue weighted by atomic mass is 10.1. The number of hydrogen-bond acceptors (Lipinski definition) is 6. The maximum Gasteiger partial charge on any atom is 0.416 e. The number of halogens is 3. The highest BCUT2D eigenvalue weighted by Crippen LogP contribution is 2.31. The molecule has 0 aliphatic carbocycles. The molecule has 3 aromatic rings. The van der Waals surface area contributed by atoms with Crippen molar-refractivity contribution in [3.05, 3.63) is 46.8 Å². The molecule has 0 saturated heterocycles. The lowest BCUT2D eigenvalue weighted by Crippen LogP contribution is -2.20. The fraction of sp³-hybridized carbons (Fsp3) is 0.133. The van der Waals surface area contributed by atoms with E-state index in [0.717, 1.165) is 16.9 Å². The second-order valence-electron chi connectivity index (χ2n) is 5.05. The molecule has 0 atom stereocenters. The Labute approximate surface area is 148 Å². The van der Waals surface area contributed by atoms with Gasteiger partial charge in [-0.1, -0.05) is 12.1 Å². The molecule has 0 aliphatic heterocycles.